The fourth-order valence-corrected chi connectivity index (χ4v) is 12.9. The van der Waals surface area contributed by atoms with Crippen molar-refractivity contribution in [2.45, 2.75) is 108 Å². The van der Waals surface area contributed by atoms with Crippen molar-refractivity contribution >= 4 is 46.9 Å². The minimum absolute atomic E-state index is 0.109. The van der Waals surface area contributed by atoms with Crippen LogP contribution >= 0.6 is 11.6 Å². The fraction of sp³-hybridized carbons (Fsp3) is 0.500. The molecule has 4 aromatic rings. The number of imide groups is 2. The van der Waals surface area contributed by atoms with E-state index in [9.17, 15) is 24.4 Å². The Morgan fingerprint density at radius 2 is 1.41 bits per heavy atom. The topological polar surface area (TPSA) is 155 Å². The van der Waals surface area contributed by atoms with Crippen molar-refractivity contribution in [1.29, 1.82) is 5.26 Å². The lowest BCUT2D eigenvalue weighted by Crippen LogP contribution is -2.61. The van der Waals surface area contributed by atoms with Gasteiger partial charge in [0.05, 0.1) is 28.5 Å². The Balaban J connectivity index is 0.598. The summed E-state index contributed by atoms with van der Waals surface area (Å²) < 4.78 is 6.18. The van der Waals surface area contributed by atoms with Crippen LogP contribution in [-0.2, 0) is 21.6 Å². The van der Waals surface area contributed by atoms with E-state index in [2.05, 4.69) is 61.9 Å². The monoisotopic (exact) mass is 949 g/mol. The molecule has 11 rings (SSSR count). The van der Waals surface area contributed by atoms with E-state index in [1.165, 1.54) is 51.6 Å². The van der Waals surface area contributed by atoms with E-state index in [-0.39, 0.29) is 24.2 Å². The number of benzene rings is 3. The van der Waals surface area contributed by atoms with Crippen molar-refractivity contribution in [3.8, 4) is 11.8 Å². The van der Waals surface area contributed by atoms with Gasteiger partial charge in [-0.1, -0.05) is 37.6 Å². The van der Waals surface area contributed by atoms with Gasteiger partial charge in [0.25, 0.3) is 11.8 Å². The molecule has 5 aliphatic heterocycles. The highest BCUT2D eigenvalue weighted by atomic mass is 35.5. The number of hydrogen-bond donors (Lipinski definition) is 1. The summed E-state index contributed by atoms with van der Waals surface area (Å²) in [6.45, 7) is 12.8. The molecule has 3 aromatic carbocycles. The van der Waals surface area contributed by atoms with Crippen LogP contribution in [0.2, 0.25) is 5.02 Å². The quantitative estimate of drug-likeness (QED) is 0.161. The lowest BCUT2D eigenvalue weighted by atomic mass is 9.57. The number of piperidine rings is 3. The van der Waals surface area contributed by atoms with Gasteiger partial charge < -0.3 is 19.4 Å². The largest absolute Gasteiger partial charge is 0.487 e. The standard InChI is InChI=1S/C54H60ClN9O5/c1-52(2,37-25-35(33-56)26-38(55)27-37)36-3-6-43(7-4-36)69-34-39-11-16-57-51(58-39)63-23-21-62(22-24-63)42-31-54(32-42)14-19-61(20-15-54)41-29-53(30-41)12-17-60(18-13-53)40-5-8-44-45(28-40)50(68)64(49(44)67)46-9-10-47(65)59-48(46)66/h3-8,11,16,25-28,41-42,46H,9-10,12-15,17-24,29-32,34H2,1-2H3,(H,59,65,66). The van der Waals surface area contributed by atoms with Gasteiger partial charge >= 0.3 is 0 Å². The minimum Gasteiger partial charge on any atom is -0.487 e. The molecule has 1 atom stereocenters. The summed E-state index contributed by atoms with van der Waals surface area (Å²) in [6, 6.07) is 23.6. The Kier molecular flexibility index (Phi) is 11.8. The first-order valence-corrected chi connectivity index (χ1v) is 25.3. The van der Waals surface area contributed by atoms with Crippen LogP contribution in [0.15, 0.2) is 72.9 Å². The molecule has 1 N–H and O–H groups in total. The number of hydrogen-bond acceptors (Lipinski definition) is 12. The molecule has 2 saturated carbocycles. The van der Waals surface area contributed by atoms with Crippen molar-refractivity contribution in [3.05, 3.63) is 111 Å². The van der Waals surface area contributed by atoms with Crippen LogP contribution in [0.25, 0.3) is 0 Å². The Morgan fingerprint density at radius 1 is 0.754 bits per heavy atom. The van der Waals surface area contributed by atoms with Gasteiger partial charge in [0, 0.05) is 80.1 Å². The lowest BCUT2D eigenvalue weighted by molar-refractivity contribution is -0.136. The molecule has 14 nitrogen and oxygen atoms in total. The highest BCUT2D eigenvalue weighted by molar-refractivity contribution is 6.30. The van der Waals surface area contributed by atoms with Gasteiger partial charge in [-0.05, 0) is 147 Å². The Morgan fingerprint density at radius 3 is 2.07 bits per heavy atom. The number of nitrogens with zero attached hydrogens (tertiary/aromatic N) is 8. The number of nitrogens with one attached hydrogen (secondary N) is 1. The smallest absolute Gasteiger partial charge is 0.262 e. The third kappa shape index (κ3) is 8.65. The number of fused-ring (bicyclic) bond motifs is 1. The zero-order valence-electron chi connectivity index (χ0n) is 39.6. The zero-order valence-corrected chi connectivity index (χ0v) is 40.3. The molecule has 7 aliphatic rings. The van der Waals surface area contributed by atoms with Crippen molar-refractivity contribution in [3.63, 3.8) is 0 Å². The maximum Gasteiger partial charge on any atom is 0.262 e. The second-order valence-electron chi connectivity index (χ2n) is 21.5. The number of anilines is 2. The summed E-state index contributed by atoms with van der Waals surface area (Å²) in [5.74, 6) is -0.341. The highest BCUT2D eigenvalue weighted by Gasteiger charge is 2.53. The average Bonchev–Trinajstić information content (AvgIpc) is 3.59. The summed E-state index contributed by atoms with van der Waals surface area (Å²) in [5.41, 5.74) is 5.65. The predicted molar refractivity (Wildman–Crippen MR) is 261 cm³/mol. The molecular formula is C54H60ClN9O5. The SMILES string of the molecule is CC(C)(c1ccc(OCc2ccnc(N3CCN(C4CC5(CCN(C6CC7(CCN(c8ccc9c(c8)C(=O)N(C8CCC(=O)NC8=O)C9=O)CC7)C6)CC5)C4)CC3)n2)cc1)c1cc(Cl)cc(C#N)c1. The van der Waals surface area contributed by atoms with Gasteiger partial charge in [0.2, 0.25) is 17.8 Å². The highest BCUT2D eigenvalue weighted by Crippen LogP contribution is 2.55. The number of likely N-dealkylation sites (tertiary alicyclic amines) is 1. The molecule has 4 amide bonds. The first-order chi connectivity index (χ1) is 33.3. The second kappa shape index (κ2) is 17.8. The number of carbonyl (C=O) groups excluding carboxylic acids is 4. The number of rotatable bonds is 10. The van der Waals surface area contributed by atoms with Gasteiger partial charge in [0.15, 0.2) is 0 Å². The van der Waals surface area contributed by atoms with E-state index in [1.54, 1.807) is 12.1 Å². The first-order valence-electron chi connectivity index (χ1n) is 24.9. The lowest BCUT2D eigenvalue weighted by Gasteiger charge is -2.60. The molecule has 6 fully saturated rings. The summed E-state index contributed by atoms with van der Waals surface area (Å²) >= 11 is 6.33. The van der Waals surface area contributed by atoms with E-state index in [0.29, 0.717) is 51.2 Å². The van der Waals surface area contributed by atoms with Crippen LogP contribution in [-0.4, -0.2) is 119 Å². The van der Waals surface area contributed by atoms with E-state index < -0.39 is 23.8 Å². The van der Waals surface area contributed by atoms with E-state index >= 15 is 0 Å². The maximum atomic E-state index is 13.4. The van der Waals surface area contributed by atoms with Gasteiger partial charge in [-0.2, -0.15) is 5.26 Å². The number of halogens is 1. The van der Waals surface area contributed by atoms with Crippen LogP contribution in [0.4, 0.5) is 11.6 Å². The number of piperazine rings is 1. The number of aromatic nitrogens is 2. The van der Waals surface area contributed by atoms with Gasteiger partial charge in [-0.3, -0.25) is 34.3 Å². The molecule has 358 valence electrons. The minimum atomic E-state index is -0.953. The normalized spacial score (nSPS) is 23.9. The molecule has 6 heterocycles. The van der Waals surface area contributed by atoms with Gasteiger partial charge in [-0.25, -0.2) is 9.97 Å². The summed E-state index contributed by atoms with van der Waals surface area (Å²) in [6.07, 6.45) is 12.1. The van der Waals surface area contributed by atoms with E-state index in [0.717, 1.165) is 91.2 Å². The summed E-state index contributed by atoms with van der Waals surface area (Å²) in [7, 11) is 0. The number of carbonyl (C=O) groups is 4. The Bertz CT molecular complexity index is 2720. The molecule has 0 radical (unpaired) electrons. The fourth-order valence-electron chi connectivity index (χ4n) is 12.7. The third-order valence-corrected chi connectivity index (χ3v) is 17.4. The van der Waals surface area contributed by atoms with Crippen LogP contribution < -0.4 is 19.9 Å². The zero-order chi connectivity index (χ0) is 47.7. The van der Waals surface area contributed by atoms with Crippen LogP contribution in [0.3, 0.4) is 0 Å². The predicted octanol–water partition coefficient (Wildman–Crippen LogP) is 7.12. The van der Waals surface area contributed by atoms with Crippen molar-refractivity contribution in [1.82, 2.24) is 30.0 Å². The molecular weight excluding hydrogens is 890 g/mol. The molecule has 1 unspecified atom stereocenters. The molecule has 0 bridgehead atoms. The first kappa shape index (κ1) is 45.6. The maximum absolute atomic E-state index is 13.4. The van der Waals surface area contributed by atoms with Crippen LogP contribution in [0.5, 0.6) is 5.75 Å². The van der Waals surface area contributed by atoms with E-state index in [1.807, 2.05) is 48.7 Å². The third-order valence-electron chi connectivity index (χ3n) is 17.2. The Hall–Kier alpha value is -5.88. The number of amides is 4. The number of ether oxygens (including phenoxy) is 1. The van der Waals surface area contributed by atoms with Gasteiger partial charge in [0.1, 0.15) is 18.4 Å². The van der Waals surface area contributed by atoms with Crippen molar-refractivity contribution < 1.29 is 23.9 Å². The van der Waals surface area contributed by atoms with Crippen LogP contribution in [0, 0.1) is 22.2 Å². The van der Waals surface area contributed by atoms with Crippen molar-refractivity contribution in [2.75, 3.05) is 62.2 Å². The molecule has 4 saturated heterocycles. The molecule has 2 spiro atoms. The van der Waals surface area contributed by atoms with Gasteiger partial charge in [-0.15, -0.1) is 0 Å². The van der Waals surface area contributed by atoms with Crippen molar-refractivity contribution in [2.24, 2.45) is 10.8 Å². The molecule has 15 heteroatoms. The summed E-state index contributed by atoms with van der Waals surface area (Å²) in [4.78, 5) is 71.6. The molecule has 69 heavy (non-hydrogen) atoms. The Labute approximate surface area is 408 Å². The number of nitriles is 1. The van der Waals surface area contributed by atoms with E-state index in [4.69, 9.17) is 21.3 Å². The average molecular weight is 951 g/mol. The molecule has 1 aromatic heterocycles. The van der Waals surface area contributed by atoms with Crippen LogP contribution in [0.1, 0.15) is 121 Å². The second-order valence-corrected chi connectivity index (χ2v) is 21.9. The molecule has 2 aliphatic carbocycles. The summed E-state index contributed by atoms with van der Waals surface area (Å²) in [5, 5.41) is 12.3.